The fourth-order valence-electron chi connectivity index (χ4n) is 2.98. The molecule has 1 fully saturated rings. The summed E-state index contributed by atoms with van der Waals surface area (Å²) in [4.78, 5) is 31.7. The van der Waals surface area contributed by atoms with Crippen LogP contribution < -0.4 is 5.56 Å². The summed E-state index contributed by atoms with van der Waals surface area (Å²) in [5.41, 5.74) is 0.671. The van der Waals surface area contributed by atoms with Gasteiger partial charge in [0.25, 0.3) is 5.56 Å². The average molecular weight is 345 g/mol. The van der Waals surface area contributed by atoms with Gasteiger partial charge in [-0.25, -0.2) is 4.98 Å². The van der Waals surface area contributed by atoms with E-state index in [1.165, 1.54) is 11.8 Å². The van der Waals surface area contributed by atoms with Crippen molar-refractivity contribution in [3.05, 3.63) is 34.6 Å². The van der Waals surface area contributed by atoms with Crippen LogP contribution in [0, 0.1) is 0 Å². The highest BCUT2D eigenvalue weighted by Gasteiger charge is 2.20. The second-order valence-corrected chi connectivity index (χ2v) is 7.16. The molecule has 1 saturated heterocycles. The minimum atomic E-state index is -0.0222. The first kappa shape index (κ1) is 17.0. The Morgan fingerprint density at radius 1 is 1.29 bits per heavy atom. The SMILES string of the molecule is CC[C@H](C)n1c(SCC(=O)N2CCCC2)nc2ccccc2c1=O. The highest BCUT2D eigenvalue weighted by Crippen LogP contribution is 2.23. The smallest absolute Gasteiger partial charge is 0.262 e. The van der Waals surface area contributed by atoms with Gasteiger partial charge in [0.2, 0.25) is 5.91 Å². The van der Waals surface area contributed by atoms with E-state index in [2.05, 4.69) is 11.9 Å². The zero-order chi connectivity index (χ0) is 17.1. The minimum absolute atomic E-state index is 0.0222. The van der Waals surface area contributed by atoms with Gasteiger partial charge < -0.3 is 4.90 Å². The van der Waals surface area contributed by atoms with E-state index in [0.717, 1.165) is 32.4 Å². The van der Waals surface area contributed by atoms with Crippen LogP contribution in [0.2, 0.25) is 0 Å². The number of nitrogens with zero attached hydrogens (tertiary/aromatic N) is 3. The molecule has 5 nitrogen and oxygen atoms in total. The van der Waals surface area contributed by atoms with Crippen LogP contribution >= 0.6 is 11.8 Å². The van der Waals surface area contributed by atoms with Crippen molar-refractivity contribution in [1.82, 2.24) is 14.5 Å². The number of amides is 1. The van der Waals surface area contributed by atoms with Gasteiger partial charge in [0.05, 0.1) is 16.7 Å². The van der Waals surface area contributed by atoms with Crippen LogP contribution in [-0.4, -0.2) is 39.2 Å². The van der Waals surface area contributed by atoms with Gasteiger partial charge in [-0.2, -0.15) is 0 Å². The van der Waals surface area contributed by atoms with Crippen molar-refractivity contribution in [2.75, 3.05) is 18.8 Å². The molecule has 2 heterocycles. The maximum atomic E-state index is 12.9. The zero-order valence-corrected chi connectivity index (χ0v) is 15.0. The Morgan fingerprint density at radius 2 is 2.00 bits per heavy atom. The molecule has 0 bridgehead atoms. The fraction of sp³-hybridized carbons (Fsp3) is 0.500. The van der Waals surface area contributed by atoms with Gasteiger partial charge in [-0.05, 0) is 38.3 Å². The molecule has 2 aromatic rings. The monoisotopic (exact) mass is 345 g/mol. The number of fused-ring (bicyclic) bond motifs is 1. The van der Waals surface area contributed by atoms with Gasteiger partial charge in [0.1, 0.15) is 0 Å². The van der Waals surface area contributed by atoms with Gasteiger partial charge in [-0.3, -0.25) is 14.2 Å². The van der Waals surface area contributed by atoms with E-state index in [1.54, 1.807) is 4.57 Å². The van der Waals surface area contributed by atoms with Crippen LogP contribution in [0.5, 0.6) is 0 Å². The summed E-state index contributed by atoms with van der Waals surface area (Å²) in [6.45, 7) is 5.77. The number of carbonyl (C=O) groups is 1. The fourth-order valence-corrected chi connectivity index (χ4v) is 3.98. The Labute approximate surface area is 146 Å². The third-order valence-corrected chi connectivity index (χ3v) is 5.53. The average Bonchev–Trinajstić information content (AvgIpc) is 3.14. The third kappa shape index (κ3) is 3.34. The zero-order valence-electron chi connectivity index (χ0n) is 14.2. The van der Waals surface area contributed by atoms with Crippen LogP contribution in [0.15, 0.2) is 34.2 Å². The molecule has 1 aromatic carbocycles. The third-order valence-electron chi connectivity index (χ3n) is 4.59. The van der Waals surface area contributed by atoms with E-state index in [0.29, 0.717) is 21.8 Å². The molecule has 1 aliphatic rings. The van der Waals surface area contributed by atoms with Gasteiger partial charge in [-0.15, -0.1) is 0 Å². The molecule has 1 aromatic heterocycles. The molecule has 0 unspecified atom stereocenters. The molecule has 0 saturated carbocycles. The Balaban J connectivity index is 1.93. The summed E-state index contributed by atoms with van der Waals surface area (Å²) in [6.07, 6.45) is 3.01. The summed E-state index contributed by atoms with van der Waals surface area (Å²) in [7, 11) is 0. The van der Waals surface area contributed by atoms with Gasteiger partial charge >= 0.3 is 0 Å². The van der Waals surface area contributed by atoms with Crippen molar-refractivity contribution in [3.63, 3.8) is 0 Å². The standard InChI is InChI=1S/C18H23N3O2S/c1-3-13(2)21-17(23)14-8-4-5-9-15(14)19-18(21)24-12-16(22)20-10-6-7-11-20/h4-5,8-9,13H,3,6-7,10-12H2,1-2H3/t13-/m0/s1. The number of likely N-dealkylation sites (tertiary alicyclic amines) is 1. The first-order valence-corrected chi connectivity index (χ1v) is 9.52. The van der Waals surface area contributed by atoms with Crippen molar-refractivity contribution in [2.24, 2.45) is 0 Å². The van der Waals surface area contributed by atoms with E-state index in [4.69, 9.17) is 0 Å². The topological polar surface area (TPSA) is 55.2 Å². The van der Waals surface area contributed by atoms with Crippen molar-refractivity contribution >= 4 is 28.6 Å². The van der Waals surface area contributed by atoms with E-state index in [9.17, 15) is 9.59 Å². The van der Waals surface area contributed by atoms with E-state index in [1.807, 2.05) is 36.1 Å². The Hall–Kier alpha value is -1.82. The number of hydrogen-bond donors (Lipinski definition) is 0. The summed E-state index contributed by atoms with van der Waals surface area (Å²) in [5, 5.41) is 1.27. The quantitative estimate of drug-likeness (QED) is 0.617. The highest BCUT2D eigenvalue weighted by atomic mass is 32.2. The van der Waals surface area contributed by atoms with E-state index < -0.39 is 0 Å². The molecule has 1 amide bonds. The highest BCUT2D eigenvalue weighted by molar-refractivity contribution is 7.99. The second-order valence-electron chi connectivity index (χ2n) is 6.22. The number of benzene rings is 1. The van der Waals surface area contributed by atoms with Crippen molar-refractivity contribution in [1.29, 1.82) is 0 Å². The maximum Gasteiger partial charge on any atom is 0.262 e. The number of thioether (sulfide) groups is 1. The van der Waals surface area contributed by atoms with Crippen molar-refractivity contribution in [3.8, 4) is 0 Å². The largest absolute Gasteiger partial charge is 0.342 e. The number of carbonyl (C=O) groups excluding carboxylic acids is 1. The normalized spacial score (nSPS) is 15.8. The van der Waals surface area contributed by atoms with Gasteiger partial charge in [-0.1, -0.05) is 30.8 Å². The van der Waals surface area contributed by atoms with Crippen LogP contribution in [0.1, 0.15) is 39.2 Å². The molecule has 1 atom stereocenters. The molecule has 0 N–H and O–H groups in total. The summed E-state index contributed by atoms with van der Waals surface area (Å²) >= 11 is 1.38. The lowest BCUT2D eigenvalue weighted by Gasteiger charge is -2.19. The Morgan fingerprint density at radius 3 is 2.71 bits per heavy atom. The maximum absolute atomic E-state index is 12.9. The predicted octanol–water partition coefficient (Wildman–Crippen LogP) is 3.08. The van der Waals surface area contributed by atoms with E-state index in [-0.39, 0.29) is 17.5 Å². The lowest BCUT2D eigenvalue weighted by molar-refractivity contribution is -0.127. The number of aromatic nitrogens is 2. The number of hydrogen-bond acceptors (Lipinski definition) is 4. The molecule has 3 rings (SSSR count). The lowest BCUT2D eigenvalue weighted by atomic mass is 10.2. The molecular weight excluding hydrogens is 322 g/mol. The first-order chi connectivity index (χ1) is 11.6. The minimum Gasteiger partial charge on any atom is -0.342 e. The van der Waals surface area contributed by atoms with Crippen molar-refractivity contribution < 1.29 is 4.79 Å². The van der Waals surface area contributed by atoms with Gasteiger partial charge in [0.15, 0.2) is 5.16 Å². The first-order valence-electron chi connectivity index (χ1n) is 8.53. The summed E-state index contributed by atoms with van der Waals surface area (Å²) < 4.78 is 1.74. The number of rotatable bonds is 5. The van der Waals surface area contributed by atoms with Crippen LogP contribution in [-0.2, 0) is 4.79 Å². The van der Waals surface area contributed by atoms with Crippen LogP contribution in [0.4, 0.5) is 0 Å². The molecule has 1 aliphatic heterocycles. The summed E-state index contributed by atoms with van der Waals surface area (Å²) in [6, 6.07) is 7.46. The van der Waals surface area contributed by atoms with Crippen LogP contribution in [0.25, 0.3) is 10.9 Å². The van der Waals surface area contributed by atoms with Crippen molar-refractivity contribution in [2.45, 2.75) is 44.3 Å². The number of para-hydroxylation sites is 1. The molecule has 6 heteroatoms. The predicted molar refractivity (Wildman–Crippen MR) is 97.5 cm³/mol. The molecule has 24 heavy (non-hydrogen) atoms. The Kier molecular flexibility index (Phi) is 5.23. The van der Waals surface area contributed by atoms with E-state index >= 15 is 0 Å². The molecule has 0 aliphatic carbocycles. The Bertz CT molecular complexity index is 796. The van der Waals surface area contributed by atoms with Gasteiger partial charge in [0, 0.05) is 19.1 Å². The molecule has 128 valence electrons. The molecule has 0 spiro atoms. The summed E-state index contributed by atoms with van der Waals surface area (Å²) in [5.74, 6) is 0.469. The second kappa shape index (κ2) is 7.38. The lowest BCUT2D eigenvalue weighted by Crippen LogP contribution is -2.30. The molecular formula is C18H23N3O2S. The van der Waals surface area contributed by atoms with Crippen LogP contribution in [0.3, 0.4) is 0 Å². The molecule has 0 radical (unpaired) electrons.